The molecule has 1 aliphatic heterocycles. The molecule has 3 rings (SSSR count). The van der Waals surface area contributed by atoms with Crippen LogP contribution in [0.4, 0.5) is 5.13 Å². The summed E-state index contributed by atoms with van der Waals surface area (Å²) in [4.78, 5) is 11.6. The second-order valence-corrected chi connectivity index (χ2v) is 5.18. The van der Waals surface area contributed by atoms with E-state index >= 15 is 0 Å². The summed E-state index contributed by atoms with van der Waals surface area (Å²) in [6.45, 7) is 4.36. The van der Waals surface area contributed by atoms with Gasteiger partial charge in [-0.3, -0.25) is 0 Å². The van der Waals surface area contributed by atoms with Crippen molar-refractivity contribution in [3.05, 3.63) is 24.3 Å². The van der Waals surface area contributed by atoms with Crippen LogP contribution in [0.2, 0.25) is 0 Å². The molecule has 4 heteroatoms. The molecule has 1 aliphatic rings. The van der Waals surface area contributed by atoms with E-state index in [0.717, 1.165) is 30.2 Å². The number of hydrogen-bond acceptors (Lipinski definition) is 3. The number of thiazole rings is 1. The van der Waals surface area contributed by atoms with Gasteiger partial charge in [0.2, 0.25) is 5.13 Å². The Hall–Kier alpha value is -1.42. The Morgan fingerprint density at radius 1 is 1.41 bits per heavy atom. The number of amidine groups is 1. The van der Waals surface area contributed by atoms with Crippen molar-refractivity contribution in [2.75, 3.05) is 13.1 Å². The minimum atomic E-state index is 0.890. The van der Waals surface area contributed by atoms with E-state index in [1.54, 1.807) is 11.3 Å². The fourth-order valence-electron chi connectivity index (χ4n) is 2.20. The standard InChI is InChI=1S/C13H15N3S/c1-2-16-9-5-8-12(16)15-13-14-10-6-3-4-7-11(10)17-13/h3-4,6-7H,2,5,8-9H2,1H3. The van der Waals surface area contributed by atoms with E-state index in [9.17, 15) is 0 Å². The molecule has 0 radical (unpaired) electrons. The van der Waals surface area contributed by atoms with Crippen LogP contribution in [0.5, 0.6) is 0 Å². The average Bonchev–Trinajstić information content (AvgIpc) is 2.94. The molecular formula is C13H15N3S. The van der Waals surface area contributed by atoms with Gasteiger partial charge in [0.05, 0.1) is 10.2 Å². The third-order valence-corrected chi connectivity index (χ3v) is 4.01. The normalized spacial score (nSPS) is 18.4. The smallest absolute Gasteiger partial charge is 0.211 e. The van der Waals surface area contributed by atoms with Gasteiger partial charge < -0.3 is 4.90 Å². The molecule has 0 atom stereocenters. The quantitative estimate of drug-likeness (QED) is 0.810. The van der Waals surface area contributed by atoms with Crippen LogP contribution in [0.1, 0.15) is 19.8 Å². The van der Waals surface area contributed by atoms with Crippen LogP contribution in [-0.2, 0) is 0 Å². The van der Waals surface area contributed by atoms with Crippen LogP contribution in [0.15, 0.2) is 29.3 Å². The second kappa shape index (κ2) is 4.45. The van der Waals surface area contributed by atoms with Crippen LogP contribution in [-0.4, -0.2) is 28.8 Å². The SMILES string of the molecule is CCN1CCCC1=Nc1nc2ccccc2s1. The van der Waals surface area contributed by atoms with E-state index in [2.05, 4.69) is 22.9 Å². The average molecular weight is 245 g/mol. The summed E-state index contributed by atoms with van der Waals surface area (Å²) in [5.41, 5.74) is 1.05. The lowest BCUT2D eigenvalue weighted by Gasteiger charge is -2.14. The van der Waals surface area contributed by atoms with E-state index in [4.69, 9.17) is 4.99 Å². The van der Waals surface area contributed by atoms with Crippen molar-refractivity contribution in [2.24, 2.45) is 4.99 Å². The fourth-order valence-corrected chi connectivity index (χ4v) is 3.06. The van der Waals surface area contributed by atoms with Crippen molar-refractivity contribution in [2.45, 2.75) is 19.8 Å². The summed E-state index contributed by atoms with van der Waals surface area (Å²) in [6, 6.07) is 8.21. The molecule has 1 fully saturated rings. The highest BCUT2D eigenvalue weighted by molar-refractivity contribution is 7.22. The predicted molar refractivity (Wildman–Crippen MR) is 73.2 cm³/mol. The highest BCUT2D eigenvalue weighted by atomic mass is 32.1. The van der Waals surface area contributed by atoms with E-state index in [0.29, 0.717) is 0 Å². The minimum absolute atomic E-state index is 0.890. The Balaban J connectivity index is 1.96. The summed E-state index contributed by atoms with van der Waals surface area (Å²) in [6.07, 6.45) is 2.31. The number of para-hydroxylation sites is 1. The molecule has 0 amide bonds. The molecule has 1 aromatic heterocycles. The Morgan fingerprint density at radius 3 is 3.12 bits per heavy atom. The molecular weight excluding hydrogens is 230 g/mol. The largest absolute Gasteiger partial charge is 0.360 e. The maximum atomic E-state index is 4.70. The highest BCUT2D eigenvalue weighted by Crippen LogP contribution is 2.28. The van der Waals surface area contributed by atoms with Gasteiger partial charge in [-0.15, -0.1) is 0 Å². The molecule has 3 nitrogen and oxygen atoms in total. The van der Waals surface area contributed by atoms with Crippen LogP contribution < -0.4 is 0 Å². The molecule has 88 valence electrons. The monoisotopic (exact) mass is 245 g/mol. The Labute approximate surface area is 105 Å². The Morgan fingerprint density at radius 2 is 2.29 bits per heavy atom. The highest BCUT2D eigenvalue weighted by Gasteiger charge is 2.17. The maximum Gasteiger partial charge on any atom is 0.211 e. The van der Waals surface area contributed by atoms with Crippen LogP contribution in [0.3, 0.4) is 0 Å². The zero-order valence-corrected chi connectivity index (χ0v) is 10.7. The lowest BCUT2D eigenvalue weighted by atomic mass is 10.3. The van der Waals surface area contributed by atoms with Gasteiger partial charge in [0.25, 0.3) is 0 Å². The lowest BCUT2D eigenvalue weighted by Crippen LogP contribution is -2.23. The molecule has 2 aromatic rings. The molecule has 17 heavy (non-hydrogen) atoms. The molecule has 1 aromatic carbocycles. The number of benzene rings is 1. The number of aromatic nitrogens is 1. The minimum Gasteiger partial charge on any atom is -0.360 e. The molecule has 2 heterocycles. The summed E-state index contributed by atoms with van der Waals surface area (Å²) in [5.74, 6) is 1.20. The van der Waals surface area contributed by atoms with Gasteiger partial charge >= 0.3 is 0 Å². The number of hydrogen-bond donors (Lipinski definition) is 0. The van der Waals surface area contributed by atoms with Crippen molar-refractivity contribution in [3.63, 3.8) is 0 Å². The number of aliphatic imine (C=N–C) groups is 1. The fraction of sp³-hybridized carbons (Fsp3) is 0.385. The third-order valence-electron chi connectivity index (χ3n) is 3.08. The first kappa shape index (κ1) is 10.7. The lowest BCUT2D eigenvalue weighted by molar-refractivity contribution is 0.479. The molecule has 0 aliphatic carbocycles. The molecule has 0 saturated carbocycles. The first-order chi connectivity index (χ1) is 8.36. The number of fused-ring (bicyclic) bond motifs is 1. The van der Waals surface area contributed by atoms with Gasteiger partial charge in [-0.25, -0.2) is 9.98 Å². The number of nitrogens with zero attached hydrogens (tertiary/aromatic N) is 3. The number of rotatable bonds is 2. The van der Waals surface area contributed by atoms with Crippen molar-refractivity contribution in [1.82, 2.24) is 9.88 Å². The summed E-state index contributed by atoms with van der Waals surface area (Å²) >= 11 is 1.67. The zero-order valence-electron chi connectivity index (χ0n) is 9.89. The van der Waals surface area contributed by atoms with Gasteiger partial charge in [-0.05, 0) is 25.5 Å². The van der Waals surface area contributed by atoms with Crippen LogP contribution in [0.25, 0.3) is 10.2 Å². The Kier molecular flexibility index (Phi) is 2.81. The van der Waals surface area contributed by atoms with Crippen LogP contribution in [0, 0.1) is 0 Å². The summed E-state index contributed by atoms with van der Waals surface area (Å²) < 4.78 is 1.22. The van der Waals surface area contributed by atoms with Crippen molar-refractivity contribution in [1.29, 1.82) is 0 Å². The zero-order chi connectivity index (χ0) is 11.7. The third kappa shape index (κ3) is 2.05. The van der Waals surface area contributed by atoms with E-state index in [1.807, 2.05) is 18.2 Å². The van der Waals surface area contributed by atoms with Crippen molar-refractivity contribution in [3.8, 4) is 0 Å². The van der Waals surface area contributed by atoms with Gasteiger partial charge in [-0.1, -0.05) is 23.5 Å². The first-order valence-corrected chi connectivity index (χ1v) is 6.86. The summed E-state index contributed by atoms with van der Waals surface area (Å²) in [7, 11) is 0. The topological polar surface area (TPSA) is 28.5 Å². The van der Waals surface area contributed by atoms with Gasteiger partial charge in [0.1, 0.15) is 5.84 Å². The Bertz CT molecular complexity index is 526. The molecule has 1 saturated heterocycles. The molecule has 0 bridgehead atoms. The molecule has 0 spiro atoms. The van der Waals surface area contributed by atoms with Gasteiger partial charge in [0, 0.05) is 19.5 Å². The van der Waals surface area contributed by atoms with E-state index < -0.39 is 0 Å². The van der Waals surface area contributed by atoms with E-state index in [1.165, 1.54) is 17.0 Å². The number of likely N-dealkylation sites (tertiary alicyclic amines) is 1. The van der Waals surface area contributed by atoms with E-state index in [-0.39, 0.29) is 0 Å². The predicted octanol–water partition coefficient (Wildman–Crippen LogP) is 3.44. The van der Waals surface area contributed by atoms with Crippen LogP contribution >= 0.6 is 11.3 Å². The maximum absolute atomic E-state index is 4.70. The van der Waals surface area contributed by atoms with Gasteiger partial charge in [-0.2, -0.15) is 0 Å². The second-order valence-electron chi connectivity index (χ2n) is 4.18. The first-order valence-electron chi connectivity index (χ1n) is 6.05. The van der Waals surface area contributed by atoms with Gasteiger partial charge in [0.15, 0.2) is 0 Å². The van der Waals surface area contributed by atoms with Crippen molar-refractivity contribution >= 4 is 32.5 Å². The van der Waals surface area contributed by atoms with Crippen molar-refractivity contribution < 1.29 is 0 Å². The molecule has 0 unspecified atom stereocenters. The molecule has 0 N–H and O–H groups in total. The summed E-state index contributed by atoms with van der Waals surface area (Å²) in [5, 5.41) is 0.890.